The van der Waals surface area contributed by atoms with E-state index in [1.807, 2.05) is 0 Å². The highest BCUT2D eigenvalue weighted by Crippen LogP contribution is 2.28. The summed E-state index contributed by atoms with van der Waals surface area (Å²) >= 11 is 0. The van der Waals surface area contributed by atoms with Gasteiger partial charge < -0.3 is 10.1 Å². The van der Waals surface area contributed by atoms with Crippen LogP contribution in [0.1, 0.15) is 38.5 Å². The summed E-state index contributed by atoms with van der Waals surface area (Å²) in [6.45, 7) is 2.63. The molecule has 0 aromatic carbocycles. The minimum absolute atomic E-state index is 0.220. The van der Waals surface area contributed by atoms with Crippen molar-refractivity contribution in [3.8, 4) is 6.07 Å². The maximum absolute atomic E-state index is 9.02. The fraction of sp³-hybridized carbons (Fsp3) is 0.923. The molecule has 16 heavy (non-hydrogen) atoms. The second-order valence-corrected chi connectivity index (χ2v) is 5.10. The number of nitriles is 1. The molecule has 0 amide bonds. The Morgan fingerprint density at radius 2 is 2.00 bits per heavy atom. The minimum Gasteiger partial charge on any atom is -0.380 e. The average molecular weight is 222 g/mol. The van der Waals surface area contributed by atoms with E-state index >= 15 is 0 Å². The first kappa shape index (κ1) is 11.9. The Labute approximate surface area is 98.2 Å². The van der Waals surface area contributed by atoms with Gasteiger partial charge >= 0.3 is 0 Å². The summed E-state index contributed by atoms with van der Waals surface area (Å²) in [5.41, 5.74) is 0. The summed E-state index contributed by atoms with van der Waals surface area (Å²) in [5, 5.41) is 12.5. The molecule has 0 saturated heterocycles. The number of nitrogens with zero attached hydrogens (tertiary/aromatic N) is 1. The predicted octanol–water partition coefficient (Wildman–Crippen LogP) is 2.08. The Balaban J connectivity index is 1.54. The monoisotopic (exact) mass is 222 g/mol. The molecular formula is C13H22N2O. The lowest BCUT2D eigenvalue weighted by Gasteiger charge is -2.27. The van der Waals surface area contributed by atoms with E-state index in [1.54, 1.807) is 0 Å². The maximum Gasteiger partial charge on any atom is 0.0672 e. The number of hydrogen-bond acceptors (Lipinski definition) is 3. The fourth-order valence-corrected chi connectivity index (χ4v) is 2.38. The number of nitrogens with one attached hydrogen (secondary N) is 1. The van der Waals surface area contributed by atoms with Gasteiger partial charge in [0.2, 0.25) is 0 Å². The Morgan fingerprint density at radius 1 is 1.19 bits per heavy atom. The lowest BCUT2D eigenvalue weighted by molar-refractivity contribution is 0.121. The third kappa shape index (κ3) is 3.77. The largest absolute Gasteiger partial charge is 0.380 e. The molecule has 0 heterocycles. The second kappa shape index (κ2) is 6.22. The van der Waals surface area contributed by atoms with Crippen molar-refractivity contribution >= 4 is 0 Å². The van der Waals surface area contributed by atoms with Crippen molar-refractivity contribution in [3.63, 3.8) is 0 Å². The molecule has 3 nitrogen and oxygen atoms in total. The highest BCUT2D eigenvalue weighted by atomic mass is 16.5. The lowest BCUT2D eigenvalue weighted by atomic mass is 9.85. The molecular weight excluding hydrogens is 200 g/mol. The van der Waals surface area contributed by atoms with Crippen molar-refractivity contribution in [2.24, 2.45) is 11.8 Å². The zero-order valence-corrected chi connectivity index (χ0v) is 9.95. The van der Waals surface area contributed by atoms with Gasteiger partial charge in [0, 0.05) is 19.2 Å². The molecule has 2 rings (SSSR count). The van der Waals surface area contributed by atoms with E-state index in [-0.39, 0.29) is 5.92 Å². The molecule has 90 valence electrons. The Kier molecular flexibility index (Phi) is 4.62. The Hall–Kier alpha value is -0.590. The van der Waals surface area contributed by atoms with Crippen LogP contribution in [0.5, 0.6) is 0 Å². The highest BCUT2D eigenvalue weighted by molar-refractivity contribution is 4.94. The van der Waals surface area contributed by atoms with Crippen LogP contribution in [0.15, 0.2) is 0 Å². The van der Waals surface area contributed by atoms with Crippen LogP contribution in [0, 0.1) is 23.2 Å². The van der Waals surface area contributed by atoms with Gasteiger partial charge in [-0.15, -0.1) is 0 Å². The van der Waals surface area contributed by atoms with Crippen LogP contribution >= 0.6 is 0 Å². The predicted molar refractivity (Wildman–Crippen MR) is 62.9 cm³/mol. The van der Waals surface area contributed by atoms with Crippen LogP contribution in [0.3, 0.4) is 0 Å². The third-order valence-corrected chi connectivity index (χ3v) is 3.64. The van der Waals surface area contributed by atoms with Gasteiger partial charge in [0.1, 0.15) is 0 Å². The normalized spacial score (nSPS) is 29.9. The van der Waals surface area contributed by atoms with E-state index in [9.17, 15) is 0 Å². The van der Waals surface area contributed by atoms with Crippen LogP contribution in [0.25, 0.3) is 0 Å². The van der Waals surface area contributed by atoms with E-state index in [1.165, 1.54) is 25.7 Å². The lowest BCUT2D eigenvalue weighted by Crippen LogP contribution is -2.39. The molecule has 2 atom stereocenters. The van der Waals surface area contributed by atoms with Gasteiger partial charge in [0.15, 0.2) is 0 Å². The smallest absolute Gasteiger partial charge is 0.0672 e. The Morgan fingerprint density at radius 3 is 2.75 bits per heavy atom. The van der Waals surface area contributed by atoms with Crippen molar-refractivity contribution in [2.75, 3.05) is 19.8 Å². The van der Waals surface area contributed by atoms with Crippen molar-refractivity contribution in [1.82, 2.24) is 5.32 Å². The van der Waals surface area contributed by atoms with Crippen molar-refractivity contribution < 1.29 is 4.74 Å². The summed E-state index contributed by atoms with van der Waals surface area (Å²) in [6.07, 6.45) is 7.41. The zero-order chi connectivity index (χ0) is 11.2. The summed E-state index contributed by atoms with van der Waals surface area (Å²) in [6, 6.07) is 2.83. The molecule has 2 aliphatic rings. The molecule has 0 aliphatic heterocycles. The van der Waals surface area contributed by atoms with E-state index in [4.69, 9.17) is 10.00 Å². The first-order valence-electron chi connectivity index (χ1n) is 6.61. The molecule has 3 heteroatoms. The van der Waals surface area contributed by atoms with Crippen LogP contribution in [-0.4, -0.2) is 25.8 Å². The first-order chi connectivity index (χ1) is 7.90. The van der Waals surface area contributed by atoms with Gasteiger partial charge in [-0.05, 0) is 31.6 Å². The van der Waals surface area contributed by atoms with E-state index in [2.05, 4.69) is 11.4 Å². The number of ether oxygens (including phenoxy) is 1. The van der Waals surface area contributed by atoms with Crippen LogP contribution in [0.2, 0.25) is 0 Å². The zero-order valence-electron chi connectivity index (χ0n) is 9.95. The maximum atomic E-state index is 9.02. The second-order valence-electron chi connectivity index (χ2n) is 5.10. The molecule has 1 N–H and O–H groups in total. The van der Waals surface area contributed by atoms with E-state index in [0.29, 0.717) is 6.04 Å². The molecule has 0 bridgehead atoms. The van der Waals surface area contributed by atoms with Crippen molar-refractivity contribution in [3.05, 3.63) is 0 Å². The number of rotatable bonds is 6. The molecule has 2 fully saturated rings. The average Bonchev–Trinajstić information content (AvgIpc) is 3.13. The highest BCUT2D eigenvalue weighted by Gasteiger charge is 2.24. The van der Waals surface area contributed by atoms with Crippen LogP contribution in [0.4, 0.5) is 0 Å². The van der Waals surface area contributed by atoms with E-state index < -0.39 is 0 Å². The molecule has 0 aromatic heterocycles. The Bertz CT molecular complexity index is 245. The summed E-state index contributed by atoms with van der Waals surface area (Å²) in [5.74, 6) is 1.07. The van der Waals surface area contributed by atoms with Crippen LogP contribution in [-0.2, 0) is 4.74 Å². The minimum atomic E-state index is 0.220. The van der Waals surface area contributed by atoms with E-state index in [0.717, 1.165) is 38.5 Å². The quantitative estimate of drug-likeness (QED) is 0.700. The summed E-state index contributed by atoms with van der Waals surface area (Å²) in [7, 11) is 0. The van der Waals surface area contributed by atoms with Crippen molar-refractivity contribution in [2.45, 2.75) is 44.6 Å². The number of hydrogen-bond donors (Lipinski definition) is 1. The molecule has 0 spiro atoms. The van der Waals surface area contributed by atoms with Crippen LogP contribution < -0.4 is 5.32 Å². The van der Waals surface area contributed by atoms with Gasteiger partial charge in [0.25, 0.3) is 0 Å². The SMILES string of the molecule is N#CC1CCCCC1NCCOCC1CC1. The van der Waals surface area contributed by atoms with Gasteiger partial charge in [-0.25, -0.2) is 0 Å². The molecule has 2 saturated carbocycles. The molecule has 2 unspecified atom stereocenters. The summed E-state index contributed by atoms with van der Waals surface area (Å²) < 4.78 is 5.57. The summed E-state index contributed by atoms with van der Waals surface area (Å²) in [4.78, 5) is 0. The van der Waals surface area contributed by atoms with Gasteiger partial charge in [-0.2, -0.15) is 5.26 Å². The molecule has 2 aliphatic carbocycles. The van der Waals surface area contributed by atoms with Gasteiger partial charge in [0.05, 0.1) is 18.6 Å². The van der Waals surface area contributed by atoms with Gasteiger partial charge in [-0.3, -0.25) is 0 Å². The van der Waals surface area contributed by atoms with Crippen molar-refractivity contribution in [1.29, 1.82) is 5.26 Å². The van der Waals surface area contributed by atoms with Gasteiger partial charge in [-0.1, -0.05) is 12.8 Å². The fourth-order valence-electron chi connectivity index (χ4n) is 2.38. The first-order valence-corrected chi connectivity index (χ1v) is 6.61. The molecule has 0 aromatic rings. The third-order valence-electron chi connectivity index (χ3n) is 3.64. The molecule has 0 radical (unpaired) electrons. The standard InChI is InChI=1S/C13H22N2O/c14-9-12-3-1-2-4-13(12)15-7-8-16-10-11-5-6-11/h11-13,15H,1-8,10H2. The topological polar surface area (TPSA) is 45.0 Å².